The van der Waals surface area contributed by atoms with E-state index in [-0.39, 0.29) is 5.82 Å². The zero-order valence-corrected chi connectivity index (χ0v) is 12.2. The zero-order chi connectivity index (χ0) is 13.7. The van der Waals surface area contributed by atoms with E-state index < -0.39 is 0 Å². The van der Waals surface area contributed by atoms with E-state index in [9.17, 15) is 4.39 Å². The topological polar surface area (TPSA) is 21.3 Å². The molecule has 2 rings (SSSR count). The Hall–Kier alpha value is -1.55. The Morgan fingerprint density at radius 1 is 1.21 bits per heavy atom. The Morgan fingerprint density at radius 3 is 2.79 bits per heavy atom. The van der Waals surface area contributed by atoms with Gasteiger partial charge in [0.2, 0.25) is 0 Å². The predicted molar refractivity (Wildman–Crippen MR) is 79.0 cm³/mol. The van der Waals surface area contributed by atoms with Gasteiger partial charge >= 0.3 is 0 Å². The Balaban J connectivity index is 2.12. The fourth-order valence-corrected chi connectivity index (χ4v) is 2.15. The standard InChI is InChI=1S/C15H15BrFNO/c1-2-19-15-6-4-3-5-14(15)18-10-11-9-12(17)7-8-13(11)16/h3-9,18H,2,10H2,1H3. The van der Waals surface area contributed by atoms with Crippen LogP contribution in [0.5, 0.6) is 5.75 Å². The fraction of sp³-hybridized carbons (Fsp3) is 0.200. The average Bonchev–Trinajstić information content (AvgIpc) is 2.42. The summed E-state index contributed by atoms with van der Waals surface area (Å²) in [7, 11) is 0. The van der Waals surface area contributed by atoms with Gasteiger partial charge in [0, 0.05) is 11.0 Å². The zero-order valence-electron chi connectivity index (χ0n) is 10.6. The van der Waals surface area contributed by atoms with E-state index in [1.165, 1.54) is 12.1 Å². The van der Waals surface area contributed by atoms with Gasteiger partial charge in [-0.05, 0) is 42.8 Å². The number of para-hydroxylation sites is 2. The van der Waals surface area contributed by atoms with Gasteiger partial charge in [-0.3, -0.25) is 0 Å². The Morgan fingerprint density at radius 2 is 2.00 bits per heavy atom. The van der Waals surface area contributed by atoms with Gasteiger partial charge in [-0.2, -0.15) is 0 Å². The lowest BCUT2D eigenvalue weighted by Crippen LogP contribution is -2.03. The molecule has 0 radical (unpaired) electrons. The van der Waals surface area contributed by atoms with Crippen molar-refractivity contribution in [2.45, 2.75) is 13.5 Å². The molecule has 0 aromatic heterocycles. The van der Waals surface area contributed by atoms with Gasteiger partial charge in [0.15, 0.2) is 0 Å². The minimum absolute atomic E-state index is 0.238. The van der Waals surface area contributed by atoms with Crippen molar-refractivity contribution in [2.75, 3.05) is 11.9 Å². The van der Waals surface area contributed by atoms with E-state index in [4.69, 9.17) is 4.74 Å². The molecule has 0 spiro atoms. The maximum absolute atomic E-state index is 13.2. The van der Waals surface area contributed by atoms with Crippen molar-refractivity contribution in [3.63, 3.8) is 0 Å². The van der Waals surface area contributed by atoms with E-state index in [1.54, 1.807) is 6.07 Å². The van der Waals surface area contributed by atoms with E-state index in [0.29, 0.717) is 13.2 Å². The first-order valence-electron chi connectivity index (χ1n) is 6.10. The highest BCUT2D eigenvalue weighted by Gasteiger charge is 2.05. The van der Waals surface area contributed by atoms with Crippen molar-refractivity contribution in [3.8, 4) is 5.75 Å². The molecule has 0 saturated carbocycles. The van der Waals surface area contributed by atoms with Gasteiger partial charge in [-0.25, -0.2) is 4.39 Å². The number of hydrogen-bond donors (Lipinski definition) is 1. The lowest BCUT2D eigenvalue weighted by molar-refractivity contribution is 0.341. The van der Waals surface area contributed by atoms with Crippen LogP contribution in [0.25, 0.3) is 0 Å². The van der Waals surface area contributed by atoms with Crippen LogP contribution in [-0.2, 0) is 6.54 Å². The van der Waals surface area contributed by atoms with Gasteiger partial charge in [0.1, 0.15) is 11.6 Å². The summed E-state index contributed by atoms with van der Waals surface area (Å²) < 4.78 is 19.6. The molecule has 0 bridgehead atoms. The normalized spacial score (nSPS) is 10.3. The second kappa shape index (κ2) is 6.57. The molecule has 4 heteroatoms. The van der Waals surface area contributed by atoms with Crippen LogP contribution >= 0.6 is 15.9 Å². The summed E-state index contributed by atoms with van der Waals surface area (Å²) in [5.41, 5.74) is 1.77. The maximum Gasteiger partial charge on any atom is 0.142 e. The fourth-order valence-electron chi connectivity index (χ4n) is 1.76. The summed E-state index contributed by atoms with van der Waals surface area (Å²) in [6, 6.07) is 12.4. The van der Waals surface area contributed by atoms with E-state index in [0.717, 1.165) is 21.5 Å². The number of nitrogens with one attached hydrogen (secondary N) is 1. The Kier molecular flexibility index (Phi) is 4.80. The molecular formula is C15H15BrFNO. The molecule has 0 aliphatic heterocycles. The predicted octanol–water partition coefficient (Wildman–Crippen LogP) is 4.60. The van der Waals surface area contributed by atoms with Gasteiger partial charge in [0.05, 0.1) is 12.3 Å². The third-order valence-electron chi connectivity index (χ3n) is 2.66. The maximum atomic E-state index is 13.2. The molecule has 0 unspecified atom stereocenters. The molecule has 0 aliphatic carbocycles. The second-order valence-corrected chi connectivity index (χ2v) is 4.87. The largest absolute Gasteiger partial charge is 0.492 e. The molecule has 0 saturated heterocycles. The molecule has 0 aliphatic rings. The first kappa shape index (κ1) is 13.9. The number of halogens is 2. The van der Waals surface area contributed by atoms with Crippen molar-refractivity contribution in [1.29, 1.82) is 0 Å². The van der Waals surface area contributed by atoms with E-state index in [1.807, 2.05) is 31.2 Å². The summed E-state index contributed by atoms with van der Waals surface area (Å²) in [6.07, 6.45) is 0. The molecular weight excluding hydrogens is 309 g/mol. The van der Waals surface area contributed by atoms with Crippen molar-refractivity contribution in [2.24, 2.45) is 0 Å². The summed E-state index contributed by atoms with van der Waals surface area (Å²) in [4.78, 5) is 0. The van der Waals surface area contributed by atoms with Crippen LogP contribution in [0.4, 0.5) is 10.1 Å². The van der Waals surface area contributed by atoms with E-state index >= 15 is 0 Å². The molecule has 0 heterocycles. The SMILES string of the molecule is CCOc1ccccc1NCc1cc(F)ccc1Br. The van der Waals surface area contributed by atoms with Crippen LogP contribution in [0.15, 0.2) is 46.9 Å². The molecule has 100 valence electrons. The lowest BCUT2D eigenvalue weighted by atomic mass is 10.2. The van der Waals surface area contributed by atoms with Crippen molar-refractivity contribution >= 4 is 21.6 Å². The number of rotatable bonds is 5. The van der Waals surface area contributed by atoms with Crippen LogP contribution in [0.1, 0.15) is 12.5 Å². The number of ether oxygens (including phenoxy) is 1. The number of hydrogen-bond acceptors (Lipinski definition) is 2. The molecule has 19 heavy (non-hydrogen) atoms. The summed E-state index contributed by atoms with van der Waals surface area (Å²) in [6.45, 7) is 3.09. The van der Waals surface area contributed by atoms with Crippen molar-refractivity contribution in [1.82, 2.24) is 0 Å². The van der Waals surface area contributed by atoms with Crippen LogP contribution < -0.4 is 10.1 Å². The molecule has 2 aromatic rings. The minimum atomic E-state index is -0.238. The summed E-state index contributed by atoms with van der Waals surface area (Å²) in [5, 5.41) is 3.26. The molecule has 1 N–H and O–H groups in total. The van der Waals surface area contributed by atoms with Gasteiger partial charge in [0.25, 0.3) is 0 Å². The minimum Gasteiger partial charge on any atom is -0.492 e. The van der Waals surface area contributed by atoms with E-state index in [2.05, 4.69) is 21.2 Å². The summed E-state index contributed by atoms with van der Waals surface area (Å²) in [5.74, 6) is 0.565. The first-order valence-corrected chi connectivity index (χ1v) is 6.89. The third-order valence-corrected chi connectivity index (χ3v) is 3.44. The van der Waals surface area contributed by atoms with Gasteiger partial charge in [-0.1, -0.05) is 28.1 Å². The molecule has 2 nitrogen and oxygen atoms in total. The highest BCUT2D eigenvalue weighted by atomic mass is 79.9. The van der Waals surface area contributed by atoms with Crippen molar-refractivity contribution in [3.05, 3.63) is 58.3 Å². The first-order chi connectivity index (χ1) is 9.20. The smallest absolute Gasteiger partial charge is 0.142 e. The van der Waals surface area contributed by atoms with Crippen LogP contribution in [0, 0.1) is 5.82 Å². The number of benzene rings is 2. The second-order valence-electron chi connectivity index (χ2n) is 4.02. The average molecular weight is 324 g/mol. The molecule has 0 fully saturated rings. The quantitative estimate of drug-likeness (QED) is 0.868. The highest BCUT2D eigenvalue weighted by Crippen LogP contribution is 2.25. The van der Waals surface area contributed by atoms with Crippen LogP contribution in [0.2, 0.25) is 0 Å². The van der Waals surface area contributed by atoms with Crippen LogP contribution in [0.3, 0.4) is 0 Å². The third kappa shape index (κ3) is 3.70. The van der Waals surface area contributed by atoms with Crippen molar-refractivity contribution < 1.29 is 9.13 Å². The Bertz CT molecular complexity index is 560. The number of anilines is 1. The molecule has 0 atom stereocenters. The lowest BCUT2D eigenvalue weighted by Gasteiger charge is -2.13. The van der Waals surface area contributed by atoms with Crippen LogP contribution in [-0.4, -0.2) is 6.61 Å². The Labute approximate surface area is 120 Å². The summed E-state index contributed by atoms with van der Waals surface area (Å²) >= 11 is 3.42. The molecule has 2 aromatic carbocycles. The highest BCUT2D eigenvalue weighted by molar-refractivity contribution is 9.10. The van der Waals surface area contributed by atoms with Gasteiger partial charge < -0.3 is 10.1 Å². The van der Waals surface area contributed by atoms with Gasteiger partial charge in [-0.15, -0.1) is 0 Å². The molecule has 0 amide bonds. The monoisotopic (exact) mass is 323 g/mol.